The third kappa shape index (κ3) is 3.15. The van der Waals surface area contributed by atoms with Crippen molar-refractivity contribution < 1.29 is 9.53 Å². The average Bonchev–Trinajstić information content (AvgIpc) is 2.44. The molecule has 0 bridgehead atoms. The molecule has 2 rings (SSSR count). The molecule has 3 N–H and O–H groups in total. The van der Waals surface area contributed by atoms with E-state index in [9.17, 15) is 4.79 Å². The summed E-state index contributed by atoms with van der Waals surface area (Å²) >= 11 is 11.8. The Morgan fingerprint density at radius 3 is 2.45 bits per heavy atom. The minimum Gasteiger partial charge on any atom is -0.497 e. The van der Waals surface area contributed by atoms with Crippen LogP contribution in [0.15, 0.2) is 36.4 Å². The highest BCUT2D eigenvalue weighted by Crippen LogP contribution is 2.29. The van der Waals surface area contributed by atoms with Crippen molar-refractivity contribution in [3.05, 3.63) is 52.0 Å². The molecule has 0 saturated carbocycles. The van der Waals surface area contributed by atoms with Crippen LogP contribution in [0.5, 0.6) is 5.75 Å². The van der Waals surface area contributed by atoms with E-state index in [1.807, 2.05) is 0 Å². The molecule has 4 nitrogen and oxygen atoms in total. The molecule has 0 aliphatic carbocycles. The van der Waals surface area contributed by atoms with Gasteiger partial charge in [-0.3, -0.25) is 4.79 Å². The summed E-state index contributed by atoms with van der Waals surface area (Å²) < 4.78 is 5.09. The summed E-state index contributed by atoms with van der Waals surface area (Å²) in [5.74, 6) is 0.318. The fraction of sp³-hybridized carbons (Fsp3) is 0.0714. The van der Waals surface area contributed by atoms with E-state index in [0.29, 0.717) is 17.0 Å². The lowest BCUT2D eigenvalue weighted by Gasteiger charge is -2.09. The Balaban J connectivity index is 2.23. The number of halogens is 2. The molecule has 0 radical (unpaired) electrons. The number of nitrogens with two attached hydrogens (primary N) is 1. The second-order valence-electron chi connectivity index (χ2n) is 4.04. The molecular weight excluding hydrogens is 299 g/mol. The lowest BCUT2D eigenvalue weighted by atomic mass is 10.2. The number of nitrogen functional groups attached to an aromatic ring is 1. The van der Waals surface area contributed by atoms with Gasteiger partial charge in [0, 0.05) is 17.3 Å². The zero-order valence-electron chi connectivity index (χ0n) is 10.6. The summed E-state index contributed by atoms with van der Waals surface area (Å²) in [6.07, 6.45) is 0. The Hall–Kier alpha value is -1.91. The van der Waals surface area contributed by atoms with Crippen LogP contribution >= 0.6 is 23.2 Å². The van der Waals surface area contributed by atoms with E-state index in [1.165, 1.54) is 12.1 Å². The van der Waals surface area contributed by atoms with E-state index in [-0.39, 0.29) is 21.6 Å². The van der Waals surface area contributed by atoms with E-state index in [1.54, 1.807) is 31.4 Å². The van der Waals surface area contributed by atoms with E-state index in [4.69, 9.17) is 33.7 Å². The molecule has 0 aliphatic heterocycles. The summed E-state index contributed by atoms with van der Waals surface area (Å²) in [5, 5.41) is 3.22. The topological polar surface area (TPSA) is 64.3 Å². The van der Waals surface area contributed by atoms with Gasteiger partial charge in [-0.1, -0.05) is 29.3 Å². The van der Waals surface area contributed by atoms with Gasteiger partial charge in [0.25, 0.3) is 5.91 Å². The number of methoxy groups -OCH3 is 1. The molecule has 0 saturated heterocycles. The Morgan fingerprint density at radius 1 is 1.20 bits per heavy atom. The summed E-state index contributed by atoms with van der Waals surface area (Å²) in [4.78, 5) is 12.1. The van der Waals surface area contributed by atoms with Gasteiger partial charge in [-0.25, -0.2) is 0 Å². The molecule has 20 heavy (non-hydrogen) atoms. The number of carbonyl (C=O) groups is 1. The number of benzene rings is 2. The van der Waals surface area contributed by atoms with Gasteiger partial charge in [0.15, 0.2) is 0 Å². The molecule has 0 aliphatic rings. The van der Waals surface area contributed by atoms with Gasteiger partial charge < -0.3 is 15.8 Å². The van der Waals surface area contributed by atoms with Crippen molar-refractivity contribution in [2.75, 3.05) is 18.2 Å². The first-order valence-electron chi connectivity index (χ1n) is 5.71. The standard InChI is InChI=1S/C14H12Cl2N2O2/c1-20-10-4-2-3-9(7-10)18-14(19)8-5-11(15)13(17)12(16)6-8/h2-7H,17H2,1H3,(H,18,19). The van der Waals surface area contributed by atoms with Gasteiger partial charge in [0.05, 0.1) is 22.8 Å². The molecule has 0 aromatic heterocycles. The molecule has 0 atom stereocenters. The maximum Gasteiger partial charge on any atom is 0.255 e. The van der Waals surface area contributed by atoms with Crippen molar-refractivity contribution in [1.29, 1.82) is 0 Å². The number of nitrogens with one attached hydrogen (secondary N) is 1. The Kier molecular flexibility index (Phi) is 4.37. The van der Waals surface area contributed by atoms with Gasteiger partial charge in [0.1, 0.15) is 5.75 Å². The van der Waals surface area contributed by atoms with Gasteiger partial charge >= 0.3 is 0 Å². The van der Waals surface area contributed by atoms with Crippen LogP contribution in [0.2, 0.25) is 10.0 Å². The summed E-state index contributed by atoms with van der Waals surface area (Å²) in [6, 6.07) is 9.96. The molecule has 0 fully saturated rings. The molecule has 2 aromatic rings. The van der Waals surface area contributed by atoms with E-state index < -0.39 is 0 Å². The lowest BCUT2D eigenvalue weighted by molar-refractivity contribution is 0.102. The lowest BCUT2D eigenvalue weighted by Crippen LogP contribution is -2.12. The molecule has 0 spiro atoms. The number of carbonyl (C=O) groups excluding carboxylic acids is 1. The number of rotatable bonds is 3. The van der Waals surface area contributed by atoms with Crippen molar-refractivity contribution in [3.8, 4) is 5.75 Å². The average molecular weight is 311 g/mol. The van der Waals surface area contributed by atoms with Crippen molar-refractivity contribution >= 4 is 40.5 Å². The van der Waals surface area contributed by atoms with Crippen LogP contribution in [-0.2, 0) is 0 Å². The van der Waals surface area contributed by atoms with Crippen LogP contribution in [0.3, 0.4) is 0 Å². The highest BCUT2D eigenvalue weighted by Gasteiger charge is 2.11. The third-order valence-electron chi connectivity index (χ3n) is 2.67. The van der Waals surface area contributed by atoms with Gasteiger partial charge in [-0.15, -0.1) is 0 Å². The maximum absolute atomic E-state index is 12.1. The molecular formula is C14H12Cl2N2O2. The number of ether oxygens (including phenoxy) is 1. The Bertz CT molecular complexity index is 636. The first-order chi connectivity index (χ1) is 9.51. The number of anilines is 2. The van der Waals surface area contributed by atoms with E-state index in [0.717, 1.165) is 0 Å². The minimum atomic E-state index is -0.331. The largest absolute Gasteiger partial charge is 0.497 e. The van der Waals surface area contributed by atoms with Crippen LogP contribution in [-0.4, -0.2) is 13.0 Å². The molecule has 0 heterocycles. The van der Waals surface area contributed by atoms with Crippen molar-refractivity contribution in [3.63, 3.8) is 0 Å². The number of hydrogen-bond acceptors (Lipinski definition) is 3. The van der Waals surface area contributed by atoms with Crippen LogP contribution in [0.1, 0.15) is 10.4 Å². The smallest absolute Gasteiger partial charge is 0.255 e. The zero-order chi connectivity index (χ0) is 14.7. The highest BCUT2D eigenvalue weighted by molar-refractivity contribution is 6.39. The maximum atomic E-state index is 12.1. The number of amides is 1. The van der Waals surface area contributed by atoms with E-state index in [2.05, 4.69) is 5.32 Å². The highest BCUT2D eigenvalue weighted by atomic mass is 35.5. The molecule has 1 amide bonds. The second kappa shape index (κ2) is 6.03. The van der Waals surface area contributed by atoms with Crippen molar-refractivity contribution in [2.45, 2.75) is 0 Å². The van der Waals surface area contributed by atoms with Gasteiger partial charge in [0.2, 0.25) is 0 Å². The SMILES string of the molecule is COc1cccc(NC(=O)c2cc(Cl)c(N)c(Cl)c2)c1. The zero-order valence-corrected chi connectivity index (χ0v) is 12.1. The Morgan fingerprint density at radius 2 is 1.85 bits per heavy atom. The van der Waals surface area contributed by atoms with Crippen LogP contribution in [0.25, 0.3) is 0 Å². The fourth-order valence-corrected chi connectivity index (χ4v) is 2.11. The second-order valence-corrected chi connectivity index (χ2v) is 4.85. The predicted molar refractivity (Wildman–Crippen MR) is 81.8 cm³/mol. The Labute approximate surface area is 126 Å². The molecule has 0 unspecified atom stereocenters. The van der Waals surface area contributed by atoms with Crippen molar-refractivity contribution in [2.24, 2.45) is 0 Å². The summed E-state index contributed by atoms with van der Waals surface area (Å²) in [7, 11) is 1.56. The summed E-state index contributed by atoms with van der Waals surface area (Å²) in [5.41, 5.74) is 6.83. The molecule has 104 valence electrons. The quantitative estimate of drug-likeness (QED) is 0.847. The van der Waals surface area contributed by atoms with Crippen LogP contribution in [0.4, 0.5) is 11.4 Å². The third-order valence-corrected chi connectivity index (χ3v) is 3.29. The van der Waals surface area contributed by atoms with Gasteiger partial charge in [-0.05, 0) is 24.3 Å². The normalized spacial score (nSPS) is 10.2. The molecule has 6 heteroatoms. The van der Waals surface area contributed by atoms with E-state index >= 15 is 0 Å². The fourth-order valence-electron chi connectivity index (χ4n) is 1.62. The van der Waals surface area contributed by atoms with Crippen LogP contribution in [0, 0.1) is 0 Å². The predicted octanol–water partition coefficient (Wildman–Crippen LogP) is 3.84. The van der Waals surface area contributed by atoms with Crippen molar-refractivity contribution in [1.82, 2.24) is 0 Å². The first-order valence-corrected chi connectivity index (χ1v) is 6.47. The van der Waals surface area contributed by atoms with Crippen LogP contribution < -0.4 is 15.8 Å². The minimum absolute atomic E-state index is 0.244. The monoisotopic (exact) mass is 310 g/mol. The molecule has 2 aromatic carbocycles. The number of hydrogen-bond donors (Lipinski definition) is 2. The first kappa shape index (κ1) is 14.5. The summed E-state index contributed by atoms with van der Waals surface area (Å²) in [6.45, 7) is 0. The van der Waals surface area contributed by atoms with Gasteiger partial charge in [-0.2, -0.15) is 0 Å².